The molecule has 0 atom stereocenters. The monoisotopic (exact) mass is 273 g/mol. The largest absolute Gasteiger partial charge is 0.381 e. The minimum atomic E-state index is 0.473. The van der Waals surface area contributed by atoms with Gasteiger partial charge in [-0.2, -0.15) is 0 Å². The van der Waals surface area contributed by atoms with E-state index < -0.39 is 0 Å². The molecule has 19 heavy (non-hydrogen) atoms. The Labute approximate surface area is 118 Å². The second-order valence-electron chi connectivity index (χ2n) is 5.04. The third-order valence-corrected chi connectivity index (χ3v) is 4.85. The van der Waals surface area contributed by atoms with E-state index in [2.05, 4.69) is 47.8 Å². The smallest absolute Gasteiger partial charge is 0.0601 e. The zero-order valence-corrected chi connectivity index (χ0v) is 12.0. The summed E-state index contributed by atoms with van der Waals surface area (Å²) in [6.07, 6.45) is 2.77. The molecule has 0 radical (unpaired) electrons. The van der Waals surface area contributed by atoms with E-state index in [4.69, 9.17) is 4.74 Å². The van der Waals surface area contributed by atoms with Gasteiger partial charge in [-0.15, -0.1) is 11.3 Å². The van der Waals surface area contributed by atoms with Crippen molar-refractivity contribution in [2.75, 3.05) is 7.11 Å². The van der Waals surface area contributed by atoms with Crippen LogP contribution in [-0.2, 0) is 11.3 Å². The molecule has 1 aliphatic carbocycles. The third-order valence-electron chi connectivity index (χ3n) is 3.71. The summed E-state index contributed by atoms with van der Waals surface area (Å²) in [7, 11) is 1.80. The first kappa shape index (κ1) is 12.9. The summed E-state index contributed by atoms with van der Waals surface area (Å²) >= 11 is 1.88. The van der Waals surface area contributed by atoms with Gasteiger partial charge in [-0.3, -0.25) is 0 Å². The number of hydrogen-bond donors (Lipinski definition) is 1. The number of nitrogens with one attached hydrogen (secondary N) is 1. The number of methoxy groups -OCH3 is 1. The number of thiophene rings is 1. The molecule has 1 aromatic heterocycles. The van der Waals surface area contributed by atoms with Crippen LogP contribution in [0.2, 0.25) is 0 Å². The van der Waals surface area contributed by atoms with Crippen LogP contribution in [-0.4, -0.2) is 19.3 Å². The van der Waals surface area contributed by atoms with Crippen LogP contribution >= 0.6 is 11.3 Å². The molecule has 1 fully saturated rings. The Morgan fingerprint density at radius 1 is 1.16 bits per heavy atom. The maximum atomic E-state index is 5.29. The molecule has 0 unspecified atom stereocenters. The molecule has 100 valence electrons. The van der Waals surface area contributed by atoms with Crippen molar-refractivity contribution in [3.05, 3.63) is 47.3 Å². The molecule has 0 aliphatic heterocycles. The van der Waals surface area contributed by atoms with Crippen LogP contribution in [0.15, 0.2) is 42.5 Å². The van der Waals surface area contributed by atoms with E-state index in [0.29, 0.717) is 12.1 Å². The van der Waals surface area contributed by atoms with Crippen molar-refractivity contribution >= 4 is 11.3 Å². The highest BCUT2D eigenvalue weighted by Gasteiger charge is 2.28. The fourth-order valence-corrected chi connectivity index (χ4v) is 3.36. The molecule has 0 bridgehead atoms. The first-order valence-electron chi connectivity index (χ1n) is 6.75. The molecular formula is C16H19NOS. The summed E-state index contributed by atoms with van der Waals surface area (Å²) in [6.45, 7) is 0.971. The number of ether oxygens (including phenoxy) is 1. The zero-order chi connectivity index (χ0) is 13.1. The molecule has 1 aliphatic rings. The van der Waals surface area contributed by atoms with E-state index >= 15 is 0 Å². The Kier molecular flexibility index (Phi) is 3.97. The van der Waals surface area contributed by atoms with Crippen LogP contribution in [0.4, 0.5) is 0 Å². The highest BCUT2D eigenvalue weighted by molar-refractivity contribution is 7.15. The lowest BCUT2D eigenvalue weighted by atomic mass is 9.89. The van der Waals surface area contributed by atoms with Crippen LogP contribution in [0.25, 0.3) is 10.4 Å². The summed E-state index contributed by atoms with van der Waals surface area (Å²) in [5.74, 6) is 0. The van der Waals surface area contributed by atoms with E-state index in [0.717, 1.165) is 19.4 Å². The fraction of sp³-hybridized carbons (Fsp3) is 0.375. The predicted molar refractivity (Wildman–Crippen MR) is 80.4 cm³/mol. The first-order chi connectivity index (χ1) is 9.35. The SMILES string of the molecule is COC1CC(NCc2ccc(-c3ccccc3)s2)C1. The molecule has 1 N–H and O–H groups in total. The van der Waals surface area contributed by atoms with E-state index in [1.54, 1.807) is 7.11 Å². The highest BCUT2D eigenvalue weighted by atomic mass is 32.1. The van der Waals surface area contributed by atoms with Gasteiger partial charge in [0.2, 0.25) is 0 Å². The lowest BCUT2D eigenvalue weighted by molar-refractivity contribution is 0.0170. The fourth-order valence-electron chi connectivity index (χ4n) is 2.40. The minimum Gasteiger partial charge on any atom is -0.381 e. The topological polar surface area (TPSA) is 21.3 Å². The average molecular weight is 273 g/mol. The zero-order valence-electron chi connectivity index (χ0n) is 11.1. The van der Waals surface area contributed by atoms with Crippen molar-refractivity contribution in [3.8, 4) is 10.4 Å². The highest BCUT2D eigenvalue weighted by Crippen LogP contribution is 2.28. The average Bonchev–Trinajstić information content (AvgIpc) is 2.87. The van der Waals surface area contributed by atoms with E-state index in [1.165, 1.54) is 15.3 Å². The number of benzene rings is 1. The Bertz CT molecular complexity index is 517. The Morgan fingerprint density at radius 2 is 1.95 bits per heavy atom. The van der Waals surface area contributed by atoms with Crippen molar-refractivity contribution in [1.29, 1.82) is 0 Å². The van der Waals surface area contributed by atoms with Crippen LogP contribution in [0, 0.1) is 0 Å². The molecule has 0 amide bonds. The Morgan fingerprint density at radius 3 is 2.68 bits per heavy atom. The van der Waals surface area contributed by atoms with Crippen molar-refractivity contribution in [3.63, 3.8) is 0 Å². The summed E-state index contributed by atoms with van der Waals surface area (Å²) in [6, 6.07) is 15.6. The molecule has 2 aromatic rings. The van der Waals surface area contributed by atoms with E-state index in [-0.39, 0.29) is 0 Å². The van der Waals surface area contributed by atoms with Gasteiger partial charge in [0.1, 0.15) is 0 Å². The molecule has 0 saturated heterocycles. The van der Waals surface area contributed by atoms with Crippen LogP contribution in [0.1, 0.15) is 17.7 Å². The summed E-state index contributed by atoms with van der Waals surface area (Å²) in [5.41, 5.74) is 1.31. The van der Waals surface area contributed by atoms with Gasteiger partial charge in [0.15, 0.2) is 0 Å². The molecular weight excluding hydrogens is 254 g/mol. The molecule has 1 saturated carbocycles. The quantitative estimate of drug-likeness (QED) is 0.897. The summed E-state index contributed by atoms with van der Waals surface area (Å²) in [5, 5.41) is 3.59. The van der Waals surface area contributed by atoms with Crippen molar-refractivity contribution in [2.24, 2.45) is 0 Å². The summed E-state index contributed by atoms with van der Waals surface area (Å²) in [4.78, 5) is 2.75. The van der Waals surface area contributed by atoms with Crippen LogP contribution in [0.5, 0.6) is 0 Å². The summed E-state index contributed by atoms with van der Waals surface area (Å²) < 4.78 is 5.29. The van der Waals surface area contributed by atoms with Crippen LogP contribution < -0.4 is 5.32 Å². The van der Waals surface area contributed by atoms with E-state index in [9.17, 15) is 0 Å². The molecule has 3 rings (SSSR count). The second kappa shape index (κ2) is 5.87. The van der Waals surface area contributed by atoms with Crippen molar-refractivity contribution in [2.45, 2.75) is 31.5 Å². The Balaban J connectivity index is 1.54. The lowest BCUT2D eigenvalue weighted by Gasteiger charge is -2.34. The molecule has 2 nitrogen and oxygen atoms in total. The van der Waals surface area contributed by atoms with Crippen molar-refractivity contribution in [1.82, 2.24) is 5.32 Å². The minimum absolute atomic E-state index is 0.473. The van der Waals surface area contributed by atoms with Gasteiger partial charge in [-0.25, -0.2) is 0 Å². The lowest BCUT2D eigenvalue weighted by Crippen LogP contribution is -2.44. The molecule has 0 spiro atoms. The second-order valence-corrected chi connectivity index (χ2v) is 6.21. The van der Waals surface area contributed by atoms with Gasteiger partial charge in [0.25, 0.3) is 0 Å². The molecule has 3 heteroatoms. The number of rotatable bonds is 5. The van der Waals surface area contributed by atoms with Gasteiger partial charge in [-0.05, 0) is 30.5 Å². The first-order valence-corrected chi connectivity index (χ1v) is 7.57. The van der Waals surface area contributed by atoms with Crippen LogP contribution in [0.3, 0.4) is 0 Å². The maximum absolute atomic E-state index is 5.29. The molecule has 1 aromatic carbocycles. The number of hydrogen-bond acceptors (Lipinski definition) is 3. The van der Waals surface area contributed by atoms with Gasteiger partial charge in [0, 0.05) is 29.5 Å². The van der Waals surface area contributed by atoms with Gasteiger partial charge in [-0.1, -0.05) is 30.3 Å². The predicted octanol–water partition coefficient (Wildman–Crippen LogP) is 3.68. The van der Waals surface area contributed by atoms with E-state index in [1.807, 2.05) is 11.3 Å². The van der Waals surface area contributed by atoms with Gasteiger partial charge in [0.05, 0.1) is 6.10 Å². The normalized spacial score (nSPS) is 22.2. The molecule has 1 heterocycles. The Hall–Kier alpha value is -1.16. The standard InChI is InChI=1S/C16H19NOS/c1-18-14-9-13(10-14)17-11-15-7-8-16(19-15)12-5-3-2-4-6-12/h2-8,13-14,17H,9-11H2,1H3. The maximum Gasteiger partial charge on any atom is 0.0601 e. The van der Waals surface area contributed by atoms with Crippen molar-refractivity contribution < 1.29 is 4.74 Å². The van der Waals surface area contributed by atoms with Gasteiger partial charge >= 0.3 is 0 Å². The van der Waals surface area contributed by atoms with Gasteiger partial charge < -0.3 is 10.1 Å². The third kappa shape index (κ3) is 3.06.